The van der Waals surface area contributed by atoms with E-state index < -0.39 is 0 Å². The van der Waals surface area contributed by atoms with Gasteiger partial charge in [0.25, 0.3) is 0 Å². The molecule has 3 rings (SSSR count). The van der Waals surface area contributed by atoms with Gasteiger partial charge in [0.1, 0.15) is 5.75 Å². The van der Waals surface area contributed by atoms with Crippen LogP contribution in [0.2, 0.25) is 0 Å². The molecule has 0 aromatic heterocycles. The third-order valence-electron chi connectivity index (χ3n) is 3.16. The van der Waals surface area contributed by atoms with Crippen molar-refractivity contribution in [2.75, 3.05) is 5.32 Å². The van der Waals surface area contributed by atoms with E-state index >= 15 is 0 Å². The van der Waals surface area contributed by atoms with Gasteiger partial charge in [-0.3, -0.25) is 4.79 Å². The van der Waals surface area contributed by atoms with Crippen molar-refractivity contribution in [3.63, 3.8) is 0 Å². The van der Waals surface area contributed by atoms with E-state index in [1.807, 2.05) is 18.2 Å². The number of fused-ring (bicyclic) bond motifs is 2. The number of hydrogen-bond donors (Lipinski definition) is 2. The van der Waals surface area contributed by atoms with E-state index in [9.17, 15) is 9.90 Å². The average molecular weight is 201 g/mol. The number of carbonyl (C=O) groups is 1. The number of allylic oxidation sites excluding steroid dienone is 1. The van der Waals surface area contributed by atoms with Crippen LogP contribution in [0.15, 0.2) is 30.4 Å². The first kappa shape index (κ1) is 8.53. The van der Waals surface area contributed by atoms with Gasteiger partial charge in [0.15, 0.2) is 5.78 Å². The molecule has 15 heavy (non-hydrogen) atoms. The van der Waals surface area contributed by atoms with Gasteiger partial charge in [0.2, 0.25) is 0 Å². The third-order valence-corrected chi connectivity index (χ3v) is 3.16. The topological polar surface area (TPSA) is 49.3 Å². The molecule has 2 unspecified atom stereocenters. The van der Waals surface area contributed by atoms with Crippen molar-refractivity contribution in [1.29, 1.82) is 0 Å². The van der Waals surface area contributed by atoms with Crippen LogP contribution in [0.4, 0.5) is 5.69 Å². The summed E-state index contributed by atoms with van der Waals surface area (Å²) in [4.78, 5) is 11.5. The predicted molar refractivity (Wildman–Crippen MR) is 56.9 cm³/mol. The molecular weight excluding hydrogens is 190 g/mol. The second kappa shape index (κ2) is 2.86. The van der Waals surface area contributed by atoms with Crippen LogP contribution < -0.4 is 5.32 Å². The number of hydrogen-bond acceptors (Lipinski definition) is 3. The molecule has 1 heterocycles. The van der Waals surface area contributed by atoms with Crippen molar-refractivity contribution >= 4 is 11.5 Å². The largest absolute Gasteiger partial charge is 0.508 e. The molecule has 2 atom stereocenters. The molecule has 0 spiro atoms. The van der Waals surface area contributed by atoms with Gasteiger partial charge in [-0.05, 0) is 24.6 Å². The van der Waals surface area contributed by atoms with Gasteiger partial charge in [-0.2, -0.15) is 0 Å². The third kappa shape index (κ3) is 1.16. The normalized spacial score (nSPS) is 27.1. The summed E-state index contributed by atoms with van der Waals surface area (Å²) in [5, 5.41) is 13.0. The summed E-state index contributed by atoms with van der Waals surface area (Å²) >= 11 is 0. The van der Waals surface area contributed by atoms with Gasteiger partial charge in [-0.25, -0.2) is 0 Å². The Morgan fingerprint density at radius 3 is 3.13 bits per heavy atom. The molecule has 1 aromatic rings. The van der Waals surface area contributed by atoms with Gasteiger partial charge >= 0.3 is 0 Å². The number of phenols is 1. The summed E-state index contributed by atoms with van der Waals surface area (Å²) in [6, 6.07) is 5.50. The van der Waals surface area contributed by atoms with Crippen LogP contribution in [-0.2, 0) is 11.2 Å². The highest BCUT2D eigenvalue weighted by Gasteiger charge is 2.35. The van der Waals surface area contributed by atoms with Gasteiger partial charge in [0.05, 0.1) is 6.04 Å². The fourth-order valence-corrected chi connectivity index (χ4v) is 2.33. The molecule has 0 bridgehead atoms. The molecular formula is C12H11NO2. The Balaban J connectivity index is 2.06. The number of rotatable bonds is 0. The van der Waals surface area contributed by atoms with E-state index in [1.54, 1.807) is 12.1 Å². The minimum absolute atomic E-state index is 0.0363. The van der Waals surface area contributed by atoms with Crippen molar-refractivity contribution < 1.29 is 9.90 Å². The maximum absolute atomic E-state index is 11.5. The molecule has 2 aliphatic rings. The van der Waals surface area contributed by atoms with E-state index in [0.717, 1.165) is 11.3 Å². The Morgan fingerprint density at radius 1 is 1.40 bits per heavy atom. The Hall–Kier alpha value is -1.77. The minimum atomic E-state index is -0.0363. The lowest BCUT2D eigenvalue weighted by molar-refractivity contribution is -0.117. The number of ketones is 1. The van der Waals surface area contributed by atoms with Crippen molar-refractivity contribution in [2.45, 2.75) is 12.5 Å². The number of nitrogens with one attached hydrogen (secondary N) is 1. The van der Waals surface area contributed by atoms with Crippen molar-refractivity contribution in [1.82, 2.24) is 0 Å². The lowest BCUT2D eigenvalue weighted by Gasteiger charge is -2.28. The maximum Gasteiger partial charge on any atom is 0.161 e. The number of benzene rings is 1. The van der Waals surface area contributed by atoms with E-state index in [0.29, 0.717) is 6.42 Å². The fourth-order valence-electron chi connectivity index (χ4n) is 2.33. The first-order chi connectivity index (χ1) is 7.25. The van der Waals surface area contributed by atoms with Crippen LogP contribution in [-0.4, -0.2) is 16.9 Å². The van der Waals surface area contributed by atoms with Crippen molar-refractivity contribution in [3.8, 4) is 5.75 Å². The Morgan fingerprint density at radius 2 is 2.27 bits per heavy atom. The average Bonchev–Trinajstić information content (AvgIpc) is 2.59. The highest BCUT2D eigenvalue weighted by Crippen LogP contribution is 2.36. The number of anilines is 1. The Kier molecular flexibility index (Phi) is 1.63. The first-order valence-electron chi connectivity index (χ1n) is 5.05. The molecule has 0 radical (unpaired) electrons. The molecule has 0 amide bonds. The lowest BCUT2D eigenvalue weighted by Crippen LogP contribution is -2.33. The quantitative estimate of drug-likeness (QED) is 0.668. The van der Waals surface area contributed by atoms with Gasteiger partial charge in [-0.15, -0.1) is 0 Å². The van der Waals surface area contributed by atoms with E-state index in [1.165, 1.54) is 0 Å². The molecule has 3 heteroatoms. The molecule has 1 aliphatic heterocycles. The Bertz CT molecular complexity index is 465. The summed E-state index contributed by atoms with van der Waals surface area (Å²) in [7, 11) is 0. The summed E-state index contributed by atoms with van der Waals surface area (Å²) < 4.78 is 0. The summed E-state index contributed by atoms with van der Waals surface area (Å²) in [5.41, 5.74) is 1.80. The zero-order valence-corrected chi connectivity index (χ0v) is 8.10. The highest BCUT2D eigenvalue weighted by atomic mass is 16.3. The predicted octanol–water partition coefficient (Wildman–Crippen LogP) is 1.48. The first-order valence-corrected chi connectivity index (χ1v) is 5.05. The highest BCUT2D eigenvalue weighted by molar-refractivity contribution is 5.96. The molecule has 1 aliphatic carbocycles. The molecule has 0 saturated heterocycles. The molecule has 3 nitrogen and oxygen atoms in total. The molecule has 76 valence electrons. The van der Waals surface area contributed by atoms with E-state index in [2.05, 4.69) is 5.32 Å². The van der Waals surface area contributed by atoms with Crippen LogP contribution in [0.5, 0.6) is 5.75 Å². The van der Waals surface area contributed by atoms with E-state index in [4.69, 9.17) is 0 Å². The SMILES string of the molecule is O=C1C=CC2Nc3cccc(O)c3CC12. The van der Waals surface area contributed by atoms with Gasteiger partial charge in [0, 0.05) is 17.2 Å². The lowest BCUT2D eigenvalue weighted by atomic mass is 9.88. The van der Waals surface area contributed by atoms with Crippen LogP contribution in [0.25, 0.3) is 0 Å². The van der Waals surface area contributed by atoms with Crippen LogP contribution in [0.3, 0.4) is 0 Å². The smallest absolute Gasteiger partial charge is 0.161 e. The van der Waals surface area contributed by atoms with Crippen molar-refractivity contribution in [2.24, 2.45) is 5.92 Å². The second-order valence-electron chi connectivity index (χ2n) is 4.05. The van der Waals surface area contributed by atoms with Crippen molar-refractivity contribution in [3.05, 3.63) is 35.9 Å². The number of carbonyl (C=O) groups excluding carboxylic acids is 1. The number of aromatic hydroxyl groups is 1. The van der Waals surface area contributed by atoms with Crippen LogP contribution >= 0.6 is 0 Å². The standard InChI is InChI=1S/C12H11NO2/c14-11-3-1-2-9-7(11)6-8-10(13-9)4-5-12(8)15/h1-5,8,10,13-14H,6H2. The van der Waals surface area contributed by atoms with E-state index in [-0.39, 0.29) is 23.5 Å². The van der Waals surface area contributed by atoms with Crippen LogP contribution in [0.1, 0.15) is 5.56 Å². The maximum atomic E-state index is 11.5. The molecule has 1 aromatic carbocycles. The summed E-state index contributed by atoms with van der Waals surface area (Å²) in [6.07, 6.45) is 4.16. The fraction of sp³-hybridized carbons (Fsp3) is 0.250. The van der Waals surface area contributed by atoms with Gasteiger partial charge < -0.3 is 10.4 Å². The second-order valence-corrected chi connectivity index (χ2v) is 4.05. The molecule has 0 fully saturated rings. The molecule has 0 saturated carbocycles. The van der Waals surface area contributed by atoms with Gasteiger partial charge in [-0.1, -0.05) is 12.1 Å². The Labute approximate surface area is 87.4 Å². The molecule has 2 N–H and O–H groups in total. The summed E-state index contributed by atoms with van der Waals surface area (Å²) in [6.45, 7) is 0. The number of phenolic OH excluding ortho intramolecular Hbond substituents is 1. The zero-order chi connectivity index (χ0) is 10.4. The minimum Gasteiger partial charge on any atom is -0.508 e. The monoisotopic (exact) mass is 201 g/mol. The zero-order valence-electron chi connectivity index (χ0n) is 8.10. The van der Waals surface area contributed by atoms with Crippen LogP contribution in [0, 0.1) is 5.92 Å². The summed E-state index contributed by atoms with van der Waals surface area (Å²) in [5.74, 6) is 0.394.